The summed E-state index contributed by atoms with van der Waals surface area (Å²) in [6.07, 6.45) is 1.33. The Morgan fingerprint density at radius 1 is 1.21 bits per heavy atom. The summed E-state index contributed by atoms with van der Waals surface area (Å²) in [5.74, 6) is -0.00431. The Kier molecular flexibility index (Phi) is 6.25. The molecule has 0 amide bonds. The molecule has 7 heteroatoms. The molecular formula is C17H27NO5S. The highest BCUT2D eigenvalue weighted by molar-refractivity contribution is 7.89. The highest BCUT2D eigenvalue weighted by atomic mass is 32.2. The van der Waals surface area contributed by atoms with Crippen LogP contribution < -0.4 is 9.46 Å². The van der Waals surface area contributed by atoms with E-state index >= 15 is 0 Å². The van der Waals surface area contributed by atoms with Crippen LogP contribution >= 0.6 is 0 Å². The Labute approximate surface area is 144 Å². The molecule has 0 radical (unpaired) electrons. The molecule has 1 aliphatic heterocycles. The van der Waals surface area contributed by atoms with Crippen LogP contribution in [-0.4, -0.2) is 40.6 Å². The first kappa shape index (κ1) is 19.2. The van der Waals surface area contributed by atoms with Gasteiger partial charge in [0.1, 0.15) is 5.75 Å². The van der Waals surface area contributed by atoms with Crippen molar-refractivity contribution in [2.24, 2.45) is 0 Å². The molecule has 1 fully saturated rings. The molecular weight excluding hydrogens is 330 g/mol. The van der Waals surface area contributed by atoms with E-state index in [4.69, 9.17) is 14.2 Å². The summed E-state index contributed by atoms with van der Waals surface area (Å²) >= 11 is 0. The zero-order valence-corrected chi connectivity index (χ0v) is 15.7. The summed E-state index contributed by atoms with van der Waals surface area (Å²) in [6.45, 7) is 9.43. The van der Waals surface area contributed by atoms with Crippen molar-refractivity contribution in [1.82, 2.24) is 4.72 Å². The summed E-state index contributed by atoms with van der Waals surface area (Å²) < 4.78 is 44.5. The van der Waals surface area contributed by atoms with Crippen LogP contribution in [-0.2, 0) is 19.5 Å². The lowest BCUT2D eigenvalue weighted by atomic mass is 10.1. The average Bonchev–Trinajstić information content (AvgIpc) is 2.51. The maximum Gasteiger partial charge on any atom is 0.240 e. The van der Waals surface area contributed by atoms with Crippen LogP contribution in [0.3, 0.4) is 0 Å². The van der Waals surface area contributed by atoms with Crippen LogP contribution in [0.1, 0.15) is 37.8 Å². The minimum absolute atomic E-state index is 0.254. The zero-order valence-electron chi connectivity index (χ0n) is 14.8. The van der Waals surface area contributed by atoms with Crippen molar-refractivity contribution < 1.29 is 22.6 Å². The van der Waals surface area contributed by atoms with Crippen LogP contribution in [0.5, 0.6) is 5.75 Å². The van der Waals surface area contributed by atoms with Crippen LogP contribution in [0, 0.1) is 13.8 Å². The Morgan fingerprint density at radius 3 is 2.50 bits per heavy atom. The molecule has 0 unspecified atom stereocenters. The van der Waals surface area contributed by atoms with Gasteiger partial charge < -0.3 is 14.2 Å². The number of hydrogen-bond acceptors (Lipinski definition) is 5. The minimum atomic E-state index is -3.59. The number of rotatable bonds is 7. The first-order valence-electron chi connectivity index (χ1n) is 8.29. The second kappa shape index (κ2) is 7.82. The lowest BCUT2D eigenvalue weighted by molar-refractivity contribution is -0.257. The third-order valence-electron chi connectivity index (χ3n) is 4.04. The van der Waals surface area contributed by atoms with Crippen molar-refractivity contribution in [1.29, 1.82) is 0 Å². The van der Waals surface area contributed by atoms with Gasteiger partial charge in [-0.1, -0.05) is 0 Å². The van der Waals surface area contributed by atoms with E-state index in [1.54, 1.807) is 19.1 Å². The fourth-order valence-corrected chi connectivity index (χ4v) is 4.02. The van der Waals surface area contributed by atoms with Crippen molar-refractivity contribution in [2.75, 3.05) is 26.4 Å². The lowest BCUT2D eigenvalue weighted by Gasteiger charge is -2.33. The van der Waals surface area contributed by atoms with Gasteiger partial charge in [-0.15, -0.1) is 0 Å². The van der Waals surface area contributed by atoms with Gasteiger partial charge in [-0.25, -0.2) is 13.1 Å². The predicted molar refractivity (Wildman–Crippen MR) is 91.8 cm³/mol. The smallest absolute Gasteiger partial charge is 0.240 e. The van der Waals surface area contributed by atoms with Crippen molar-refractivity contribution in [3.8, 4) is 5.75 Å². The standard InChI is InChI=1S/C17H27NO5S/c1-5-21-15-11-14(3)16(12-13(15)2)24(19,20)18-8-7-17(4)22-9-6-10-23-17/h11-12,18H,5-10H2,1-4H3. The van der Waals surface area contributed by atoms with Crippen molar-refractivity contribution in [3.63, 3.8) is 0 Å². The van der Waals surface area contributed by atoms with Gasteiger partial charge in [0.05, 0.1) is 24.7 Å². The molecule has 0 saturated carbocycles. The van der Waals surface area contributed by atoms with Gasteiger partial charge in [0.2, 0.25) is 10.0 Å². The molecule has 0 atom stereocenters. The first-order valence-corrected chi connectivity index (χ1v) is 9.77. The Hall–Kier alpha value is -1.15. The van der Waals surface area contributed by atoms with Gasteiger partial charge in [0, 0.05) is 13.0 Å². The summed E-state index contributed by atoms with van der Waals surface area (Å²) in [7, 11) is -3.59. The van der Waals surface area contributed by atoms with E-state index in [1.165, 1.54) is 0 Å². The van der Waals surface area contributed by atoms with Crippen LogP contribution in [0.25, 0.3) is 0 Å². The third-order valence-corrected chi connectivity index (χ3v) is 5.64. The topological polar surface area (TPSA) is 73.9 Å². The summed E-state index contributed by atoms with van der Waals surface area (Å²) in [6, 6.07) is 3.42. The Balaban J connectivity index is 2.06. The maximum absolute atomic E-state index is 12.6. The number of aryl methyl sites for hydroxylation is 2. The fourth-order valence-electron chi connectivity index (χ4n) is 2.68. The van der Waals surface area contributed by atoms with Crippen LogP contribution in [0.4, 0.5) is 0 Å². The van der Waals surface area contributed by atoms with Crippen LogP contribution in [0.15, 0.2) is 17.0 Å². The molecule has 1 aliphatic rings. The molecule has 24 heavy (non-hydrogen) atoms. The maximum atomic E-state index is 12.6. The molecule has 0 aliphatic carbocycles. The first-order chi connectivity index (χ1) is 11.3. The number of ether oxygens (including phenoxy) is 3. The van der Waals surface area contributed by atoms with Gasteiger partial charge in [0.25, 0.3) is 0 Å². The molecule has 0 bridgehead atoms. The monoisotopic (exact) mass is 357 g/mol. The summed E-state index contributed by atoms with van der Waals surface area (Å²) in [5, 5.41) is 0. The molecule has 0 spiro atoms. The molecule has 2 rings (SSSR count). The Bertz CT molecular complexity index is 666. The second-order valence-electron chi connectivity index (χ2n) is 6.15. The molecule has 1 N–H and O–H groups in total. The fraction of sp³-hybridized carbons (Fsp3) is 0.647. The predicted octanol–water partition coefficient (Wildman–Crippen LogP) is 2.52. The van der Waals surface area contributed by atoms with E-state index in [2.05, 4.69) is 4.72 Å². The third kappa shape index (κ3) is 4.69. The molecule has 6 nitrogen and oxygen atoms in total. The van der Waals surface area contributed by atoms with E-state index in [-0.39, 0.29) is 11.4 Å². The van der Waals surface area contributed by atoms with E-state index in [0.29, 0.717) is 37.6 Å². The average molecular weight is 357 g/mol. The van der Waals surface area contributed by atoms with E-state index in [1.807, 2.05) is 20.8 Å². The van der Waals surface area contributed by atoms with Crippen LogP contribution in [0.2, 0.25) is 0 Å². The van der Waals surface area contributed by atoms with Crippen molar-refractivity contribution >= 4 is 10.0 Å². The van der Waals surface area contributed by atoms with Gasteiger partial charge >= 0.3 is 0 Å². The van der Waals surface area contributed by atoms with E-state index < -0.39 is 15.8 Å². The zero-order chi connectivity index (χ0) is 17.8. The molecule has 1 aromatic carbocycles. The quantitative estimate of drug-likeness (QED) is 0.812. The number of benzene rings is 1. The van der Waals surface area contributed by atoms with Gasteiger partial charge in [0.15, 0.2) is 5.79 Å². The van der Waals surface area contributed by atoms with Crippen molar-refractivity contribution in [3.05, 3.63) is 23.3 Å². The molecule has 0 aromatic heterocycles. The molecule has 1 saturated heterocycles. The van der Waals surface area contributed by atoms with Gasteiger partial charge in [-0.3, -0.25) is 0 Å². The normalized spacial score (nSPS) is 17.7. The highest BCUT2D eigenvalue weighted by Crippen LogP contribution is 2.26. The molecule has 136 valence electrons. The lowest BCUT2D eigenvalue weighted by Crippen LogP contribution is -2.41. The van der Waals surface area contributed by atoms with Gasteiger partial charge in [-0.05, 0) is 57.4 Å². The summed E-state index contributed by atoms with van der Waals surface area (Å²) in [4.78, 5) is 0.277. The number of sulfonamides is 1. The number of hydrogen-bond donors (Lipinski definition) is 1. The van der Waals surface area contributed by atoms with E-state index in [9.17, 15) is 8.42 Å². The van der Waals surface area contributed by atoms with Crippen molar-refractivity contribution in [2.45, 2.75) is 51.2 Å². The Morgan fingerprint density at radius 2 is 1.88 bits per heavy atom. The van der Waals surface area contributed by atoms with E-state index in [0.717, 1.165) is 12.0 Å². The minimum Gasteiger partial charge on any atom is -0.494 e. The largest absolute Gasteiger partial charge is 0.494 e. The molecule has 1 heterocycles. The second-order valence-corrected chi connectivity index (χ2v) is 7.88. The van der Waals surface area contributed by atoms with Gasteiger partial charge in [-0.2, -0.15) is 0 Å². The summed E-state index contributed by atoms with van der Waals surface area (Å²) in [5.41, 5.74) is 1.46. The number of nitrogens with one attached hydrogen (secondary N) is 1. The molecule has 1 aromatic rings. The SMILES string of the molecule is CCOc1cc(C)c(S(=O)(=O)NCCC2(C)OCCCO2)cc1C. The highest BCUT2D eigenvalue weighted by Gasteiger charge is 2.29.